The SMILES string of the molecule is CC1CCCC(C)N1C(=O)CN(CCCO)CC(F)(F)F. The molecular formula is C14H25F3N2O2. The third kappa shape index (κ3) is 6.22. The van der Waals surface area contributed by atoms with Crippen LogP contribution in [0.4, 0.5) is 13.2 Å². The van der Waals surface area contributed by atoms with Crippen molar-refractivity contribution in [2.75, 3.05) is 26.2 Å². The Labute approximate surface area is 123 Å². The van der Waals surface area contributed by atoms with Crippen molar-refractivity contribution in [3.05, 3.63) is 0 Å². The highest BCUT2D eigenvalue weighted by molar-refractivity contribution is 5.79. The third-order valence-corrected chi connectivity index (χ3v) is 3.88. The number of hydrogen-bond acceptors (Lipinski definition) is 3. The zero-order valence-electron chi connectivity index (χ0n) is 12.7. The second-order valence-electron chi connectivity index (χ2n) is 5.83. The molecule has 2 unspecified atom stereocenters. The molecule has 0 saturated carbocycles. The predicted molar refractivity (Wildman–Crippen MR) is 73.8 cm³/mol. The van der Waals surface area contributed by atoms with Crippen LogP contribution in [0.15, 0.2) is 0 Å². The van der Waals surface area contributed by atoms with Crippen molar-refractivity contribution >= 4 is 5.91 Å². The molecule has 4 nitrogen and oxygen atoms in total. The van der Waals surface area contributed by atoms with Gasteiger partial charge in [0.2, 0.25) is 5.91 Å². The van der Waals surface area contributed by atoms with E-state index in [2.05, 4.69) is 0 Å². The van der Waals surface area contributed by atoms with E-state index >= 15 is 0 Å². The summed E-state index contributed by atoms with van der Waals surface area (Å²) in [6, 6.07) is 0.152. The molecule has 1 N–H and O–H groups in total. The first-order valence-corrected chi connectivity index (χ1v) is 7.45. The first-order valence-electron chi connectivity index (χ1n) is 7.45. The van der Waals surface area contributed by atoms with Gasteiger partial charge in [0.1, 0.15) is 0 Å². The highest BCUT2D eigenvalue weighted by Gasteiger charge is 2.34. The number of carbonyl (C=O) groups is 1. The van der Waals surface area contributed by atoms with Crippen LogP contribution in [0.5, 0.6) is 0 Å². The molecule has 1 heterocycles. The summed E-state index contributed by atoms with van der Waals surface area (Å²) in [6.07, 6.45) is -1.27. The molecule has 0 radical (unpaired) electrons. The molecule has 124 valence electrons. The second-order valence-corrected chi connectivity index (χ2v) is 5.83. The molecule has 1 fully saturated rings. The topological polar surface area (TPSA) is 43.8 Å². The number of rotatable bonds is 6. The molecule has 0 aromatic rings. The lowest BCUT2D eigenvalue weighted by Crippen LogP contribution is -2.52. The van der Waals surface area contributed by atoms with E-state index in [1.54, 1.807) is 4.90 Å². The number of likely N-dealkylation sites (tertiary alicyclic amines) is 1. The highest BCUT2D eigenvalue weighted by Crippen LogP contribution is 2.23. The van der Waals surface area contributed by atoms with E-state index in [0.717, 1.165) is 24.2 Å². The largest absolute Gasteiger partial charge is 0.401 e. The smallest absolute Gasteiger partial charge is 0.396 e. The Morgan fingerprint density at radius 2 is 1.86 bits per heavy atom. The minimum atomic E-state index is -4.34. The number of nitrogens with zero attached hydrogens (tertiary/aromatic N) is 2. The Morgan fingerprint density at radius 3 is 2.33 bits per heavy atom. The fourth-order valence-electron chi connectivity index (χ4n) is 2.95. The quantitative estimate of drug-likeness (QED) is 0.816. The molecule has 0 aromatic carbocycles. The van der Waals surface area contributed by atoms with Gasteiger partial charge in [-0.1, -0.05) is 0 Å². The van der Waals surface area contributed by atoms with Gasteiger partial charge in [-0.05, 0) is 39.5 Å². The fourth-order valence-corrected chi connectivity index (χ4v) is 2.95. The van der Waals surface area contributed by atoms with Crippen molar-refractivity contribution in [1.29, 1.82) is 0 Å². The molecule has 21 heavy (non-hydrogen) atoms. The second kappa shape index (κ2) is 7.98. The average molecular weight is 310 g/mol. The van der Waals surface area contributed by atoms with Gasteiger partial charge < -0.3 is 10.0 Å². The van der Waals surface area contributed by atoms with E-state index in [0.29, 0.717) is 0 Å². The van der Waals surface area contributed by atoms with Crippen LogP contribution in [0.3, 0.4) is 0 Å². The molecule has 1 rings (SSSR count). The number of aliphatic hydroxyl groups excluding tert-OH is 1. The van der Waals surface area contributed by atoms with Gasteiger partial charge in [0, 0.05) is 25.2 Å². The normalized spacial score (nSPS) is 23.7. The zero-order valence-corrected chi connectivity index (χ0v) is 12.7. The maximum Gasteiger partial charge on any atom is 0.401 e. The van der Waals surface area contributed by atoms with Crippen LogP contribution in [0, 0.1) is 0 Å². The van der Waals surface area contributed by atoms with Crippen LogP contribution < -0.4 is 0 Å². The fraction of sp³-hybridized carbons (Fsp3) is 0.929. The van der Waals surface area contributed by atoms with Crippen LogP contribution in [0.2, 0.25) is 0 Å². The van der Waals surface area contributed by atoms with Crippen molar-refractivity contribution in [1.82, 2.24) is 9.80 Å². The molecule has 1 saturated heterocycles. The van der Waals surface area contributed by atoms with E-state index in [-0.39, 0.29) is 44.1 Å². The predicted octanol–water partition coefficient (Wildman–Crippen LogP) is 2.02. The van der Waals surface area contributed by atoms with Gasteiger partial charge in [-0.3, -0.25) is 9.69 Å². The average Bonchev–Trinajstić information content (AvgIpc) is 2.33. The van der Waals surface area contributed by atoms with E-state index < -0.39 is 12.7 Å². The van der Waals surface area contributed by atoms with Crippen molar-refractivity contribution in [3.63, 3.8) is 0 Å². The Hall–Kier alpha value is -0.820. The molecule has 1 amide bonds. The third-order valence-electron chi connectivity index (χ3n) is 3.88. The molecule has 7 heteroatoms. The lowest BCUT2D eigenvalue weighted by molar-refractivity contribution is -0.154. The molecule has 1 aliphatic heterocycles. The summed E-state index contributed by atoms with van der Waals surface area (Å²) < 4.78 is 37.6. The highest BCUT2D eigenvalue weighted by atomic mass is 19.4. The Bertz CT molecular complexity index is 327. The van der Waals surface area contributed by atoms with E-state index in [1.165, 1.54) is 0 Å². The summed E-state index contributed by atoms with van der Waals surface area (Å²) in [5, 5.41) is 8.78. The number of hydrogen-bond donors (Lipinski definition) is 1. The van der Waals surface area contributed by atoms with Crippen LogP contribution in [0.25, 0.3) is 0 Å². The van der Waals surface area contributed by atoms with E-state index in [9.17, 15) is 18.0 Å². The van der Waals surface area contributed by atoms with Gasteiger partial charge in [-0.2, -0.15) is 13.2 Å². The lowest BCUT2D eigenvalue weighted by Gasteiger charge is -2.40. The van der Waals surface area contributed by atoms with Crippen LogP contribution in [0.1, 0.15) is 39.5 Å². The van der Waals surface area contributed by atoms with Gasteiger partial charge in [-0.25, -0.2) is 0 Å². The van der Waals surface area contributed by atoms with Gasteiger partial charge in [0.05, 0.1) is 13.1 Å². The van der Waals surface area contributed by atoms with Crippen molar-refractivity contribution in [3.8, 4) is 0 Å². The number of halogens is 3. The maximum absolute atomic E-state index is 12.5. The summed E-state index contributed by atoms with van der Waals surface area (Å²) in [6.45, 7) is 2.41. The summed E-state index contributed by atoms with van der Waals surface area (Å²) >= 11 is 0. The lowest BCUT2D eigenvalue weighted by atomic mass is 9.97. The minimum absolute atomic E-state index is 0.0678. The molecule has 1 aliphatic rings. The number of aliphatic hydroxyl groups is 1. The van der Waals surface area contributed by atoms with Crippen LogP contribution >= 0.6 is 0 Å². The maximum atomic E-state index is 12.5. The molecular weight excluding hydrogens is 285 g/mol. The number of carbonyl (C=O) groups excluding carboxylic acids is 1. The van der Waals surface area contributed by atoms with Crippen LogP contribution in [-0.4, -0.2) is 65.3 Å². The van der Waals surface area contributed by atoms with Gasteiger partial charge in [-0.15, -0.1) is 0 Å². The molecule has 0 aromatic heterocycles. The van der Waals surface area contributed by atoms with Crippen molar-refractivity contribution in [2.45, 2.75) is 57.8 Å². The summed E-state index contributed by atoms with van der Waals surface area (Å²) in [7, 11) is 0. The Kier molecular flexibility index (Phi) is 6.93. The molecule has 0 aliphatic carbocycles. The summed E-state index contributed by atoms with van der Waals surface area (Å²) in [5.41, 5.74) is 0. The van der Waals surface area contributed by atoms with Crippen molar-refractivity contribution < 1.29 is 23.1 Å². The van der Waals surface area contributed by atoms with Gasteiger partial charge >= 0.3 is 6.18 Å². The van der Waals surface area contributed by atoms with E-state index in [1.807, 2.05) is 13.8 Å². The number of piperidine rings is 1. The zero-order chi connectivity index (χ0) is 16.0. The van der Waals surface area contributed by atoms with E-state index in [4.69, 9.17) is 5.11 Å². The Morgan fingerprint density at radius 1 is 1.29 bits per heavy atom. The number of amides is 1. The first-order chi connectivity index (χ1) is 9.74. The monoisotopic (exact) mass is 310 g/mol. The Balaban J connectivity index is 2.65. The first kappa shape index (κ1) is 18.2. The standard InChI is InChI=1S/C14H25F3N2O2/c1-11-5-3-6-12(2)19(11)13(21)9-18(7-4-8-20)10-14(15,16)17/h11-12,20H,3-10H2,1-2H3. The van der Waals surface area contributed by atoms with Crippen LogP contribution in [-0.2, 0) is 4.79 Å². The minimum Gasteiger partial charge on any atom is -0.396 e. The van der Waals surface area contributed by atoms with Gasteiger partial charge in [0.25, 0.3) is 0 Å². The van der Waals surface area contributed by atoms with Crippen molar-refractivity contribution in [2.24, 2.45) is 0 Å². The summed E-state index contributed by atoms with van der Waals surface area (Å²) in [4.78, 5) is 15.1. The molecule has 2 atom stereocenters. The number of alkyl halides is 3. The van der Waals surface area contributed by atoms with Gasteiger partial charge in [0.15, 0.2) is 0 Å². The molecule has 0 spiro atoms. The summed E-state index contributed by atoms with van der Waals surface area (Å²) in [5.74, 6) is -0.253. The molecule has 0 bridgehead atoms.